The second-order valence-electron chi connectivity index (χ2n) is 3.69. The van der Waals surface area contributed by atoms with E-state index in [1.165, 1.54) is 12.8 Å². The SMILES string of the molecule is C=C/C=C1/C(=O)OC2CCCCC12. The van der Waals surface area contributed by atoms with Crippen molar-refractivity contribution in [2.24, 2.45) is 5.92 Å². The van der Waals surface area contributed by atoms with Crippen LogP contribution in [0.1, 0.15) is 25.7 Å². The molecule has 0 aromatic carbocycles. The van der Waals surface area contributed by atoms with Gasteiger partial charge >= 0.3 is 5.97 Å². The Hall–Kier alpha value is -1.05. The summed E-state index contributed by atoms with van der Waals surface area (Å²) in [5.74, 6) is 0.219. The molecule has 2 aliphatic rings. The first-order valence-corrected chi connectivity index (χ1v) is 4.86. The molecule has 2 rings (SSSR count). The summed E-state index contributed by atoms with van der Waals surface area (Å²) in [6.07, 6.45) is 8.17. The monoisotopic (exact) mass is 178 g/mol. The van der Waals surface area contributed by atoms with E-state index in [9.17, 15) is 4.79 Å². The molecule has 0 bridgehead atoms. The quantitative estimate of drug-likeness (QED) is 0.454. The third-order valence-corrected chi connectivity index (χ3v) is 2.89. The van der Waals surface area contributed by atoms with E-state index in [0.29, 0.717) is 5.92 Å². The summed E-state index contributed by atoms with van der Waals surface area (Å²) < 4.78 is 5.28. The van der Waals surface area contributed by atoms with Gasteiger partial charge in [0.1, 0.15) is 6.10 Å². The Morgan fingerprint density at radius 2 is 2.15 bits per heavy atom. The minimum atomic E-state index is -0.128. The van der Waals surface area contributed by atoms with Crippen LogP contribution in [0.5, 0.6) is 0 Å². The Morgan fingerprint density at radius 3 is 2.92 bits per heavy atom. The van der Waals surface area contributed by atoms with Crippen molar-refractivity contribution in [3.8, 4) is 0 Å². The van der Waals surface area contributed by atoms with Crippen molar-refractivity contribution < 1.29 is 9.53 Å². The number of carbonyl (C=O) groups excluding carboxylic acids is 1. The Morgan fingerprint density at radius 1 is 1.38 bits per heavy atom. The fourth-order valence-electron chi connectivity index (χ4n) is 2.27. The number of esters is 1. The number of hydrogen-bond acceptors (Lipinski definition) is 2. The standard InChI is InChI=1S/C11H14O2/c1-2-5-9-8-6-3-4-7-10(8)13-11(9)12/h2,5,8,10H,1,3-4,6-7H2/b9-5+. The van der Waals surface area contributed by atoms with Gasteiger partial charge in [-0.1, -0.05) is 25.2 Å². The normalized spacial score (nSPS) is 35.7. The van der Waals surface area contributed by atoms with Crippen LogP contribution >= 0.6 is 0 Å². The molecular weight excluding hydrogens is 164 g/mol. The maximum absolute atomic E-state index is 11.4. The van der Waals surface area contributed by atoms with E-state index in [4.69, 9.17) is 4.74 Å². The molecule has 0 radical (unpaired) electrons. The molecule has 0 N–H and O–H groups in total. The van der Waals surface area contributed by atoms with Gasteiger partial charge in [0.05, 0.1) is 0 Å². The number of hydrogen-bond donors (Lipinski definition) is 0. The number of carbonyl (C=O) groups is 1. The predicted molar refractivity (Wildman–Crippen MR) is 50.1 cm³/mol. The van der Waals surface area contributed by atoms with E-state index >= 15 is 0 Å². The molecule has 70 valence electrons. The maximum Gasteiger partial charge on any atom is 0.334 e. The second kappa shape index (κ2) is 3.36. The topological polar surface area (TPSA) is 26.3 Å². The highest BCUT2D eigenvalue weighted by molar-refractivity contribution is 5.91. The molecule has 1 saturated carbocycles. The van der Waals surface area contributed by atoms with E-state index in [-0.39, 0.29) is 12.1 Å². The van der Waals surface area contributed by atoms with Crippen LogP contribution in [-0.4, -0.2) is 12.1 Å². The Balaban J connectivity index is 2.23. The summed E-state index contributed by atoms with van der Waals surface area (Å²) >= 11 is 0. The van der Waals surface area contributed by atoms with Crippen molar-refractivity contribution in [3.05, 3.63) is 24.3 Å². The van der Waals surface area contributed by atoms with Gasteiger partial charge in [-0.3, -0.25) is 0 Å². The minimum absolute atomic E-state index is 0.128. The molecule has 1 aliphatic heterocycles. The van der Waals surface area contributed by atoms with Gasteiger partial charge in [-0.25, -0.2) is 4.79 Å². The van der Waals surface area contributed by atoms with Crippen molar-refractivity contribution in [2.75, 3.05) is 0 Å². The average Bonchev–Trinajstić information content (AvgIpc) is 2.44. The summed E-state index contributed by atoms with van der Waals surface area (Å²) in [6.45, 7) is 3.61. The highest BCUT2D eigenvalue weighted by Gasteiger charge is 2.40. The second-order valence-corrected chi connectivity index (χ2v) is 3.69. The minimum Gasteiger partial charge on any atom is -0.458 e. The van der Waals surface area contributed by atoms with Gasteiger partial charge in [-0.15, -0.1) is 0 Å². The summed E-state index contributed by atoms with van der Waals surface area (Å²) in [5.41, 5.74) is 0.833. The van der Waals surface area contributed by atoms with Gasteiger partial charge in [0.25, 0.3) is 0 Å². The molecule has 2 nitrogen and oxygen atoms in total. The lowest BCUT2D eigenvalue weighted by molar-refractivity contribution is -0.139. The lowest BCUT2D eigenvalue weighted by Crippen LogP contribution is -2.20. The summed E-state index contributed by atoms with van der Waals surface area (Å²) in [7, 11) is 0. The van der Waals surface area contributed by atoms with Crippen LogP contribution in [0, 0.1) is 5.92 Å². The van der Waals surface area contributed by atoms with Crippen molar-refractivity contribution in [1.29, 1.82) is 0 Å². The number of allylic oxidation sites excluding steroid dienone is 2. The molecule has 0 spiro atoms. The largest absolute Gasteiger partial charge is 0.458 e. The fraction of sp³-hybridized carbons (Fsp3) is 0.545. The Bertz CT molecular complexity index is 265. The van der Waals surface area contributed by atoms with Gasteiger partial charge in [-0.2, -0.15) is 0 Å². The number of fused-ring (bicyclic) bond motifs is 1. The highest BCUT2D eigenvalue weighted by Crippen LogP contribution is 2.38. The van der Waals surface area contributed by atoms with Crippen LogP contribution in [0.4, 0.5) is 0 Å². The third-order valence-electron chi connectivity index (χ3n) is 2.89. The molecule has 2 fully saturated rings. The summed E-state index contributed by atoms with van der Waals surface area (Å²) in [5, 5.41) is 0. The van der Waals surface area contributed by atoms with Gasteiger partial charge in [-0.05, 0) is 19.3 Å². The van der Waals surface area contributed by atoms with Crippen LogP contribution in [0.3, 0.4) is 0 Å². The lowest BCUT2D eigenvalue weighted by atomic mass is 9.83. The lowest BCUT2D eigenvalue weighted by Gasteiger charge is -2.22. The molecule has 1 aliphatic carbocycles. The molecule has 0 aromatic heterocycles. The smallest absolute Gasteiger partial charge is 0.334 e. The zero-order valence-corrected chi connectivity index (χ0v) is 7.66. The van der Waals surface area contributed by atoms with Crippen LogP contribution in [0.2, 0.25) is 0 Å². The number of ether oxygens (including phenoxy) is 1. The molecule has 2 atom stereocenters. The number of rotatable bonds is 1. The molecule has 13 heavy (non-hydrogen) atoms. The molecule has 1 heterocycles. The molecule has 0 aromatic rings. The average molecular weight is 178 g/mol. The van der Waals surface area contributed by atoms with Crippen molar-refractivity contribution in [2.45, 2.75) is 31.8 Å². The summed E-state index contributed by atoms with van der Waals surface area (Å²) in [4.78, 5) is 11.4. The van der Waals surface area contributed by atoms with Crippen molar-refractivity contribution in [1.82, 2.24) is 0 Å². The van der Waals surface area contributed by atoms with Crippen molar-refractivity contribution in [3.63, 3.8) is 0 Å². The maximum atomic E-state index is 11.4. The van der Waals surface area contributed by atoms with E-state index in [2.05, 4.69) is 6.58 Å². The first-order chi connectivity index (χ1) is 6.33. The van der Waals surface area contributed by atoms with Crippen LogP contribution in [0.15, 0.2) is 24.3 Å². The third kappa shape index (κ3) is 1.41. The van der Waals surface area contributed by atoms with Gasteiger partial charge in [0, 0.05) is 11.5 Å². The van der Waals surface area contributed by atoms with Crippen LogP contribution in [0.25, 0.3) is 0 Å². The van der Waals surface area contributed by atoms with E-state index in [1.807, 2.05) is 0 Å². The molecule has 0 amide bonds. The molecular formula is C11H14O2. The molecule has 1 saturated heterocycles. The molecule has 2 unspecified atom stereocenters. The van der Waals surface area contributed by atoms with Crippen molar-refractivity contribution >= 4 is 5.97 Å². The van der Waals surface area contributed by atoms with Crippen LogP contribution < -0.4 is 0 Å². The first kappa shape index (κ1) is 8.54. The van der Waals surface area contributed by atoms with E-state index in [0.717, 1.165) is 18.4 Å². The van der Waals surface area contributed by atoms with Gasteiger partial charge < -0.3 is 4.74 Å². The Labute approximate surface area is 78.3 Å². The van der Waals surface area contributed by atoms with E-state index in [1.54, 1.807) is 12.2 Å². The van der Waals surface area contributed by atoms with E-state index < -0.39 is 0 Å². The Kier molecular flexibility index (Phi) is 2.21. The van der Waals surface area contributed by atoms with Crippen LogP contribution in [-0.2, 0) is 9.53 Å². The zero-order chi connectivity index (χ0) is 9.26. The summed E-state index contributed by atoms with van der Waals surface area (Å²) in [6, 6.07) is 0. The molecule has 2 heteroatoms. The highest BCUT2D eigenvalue weighted by atomic mass is 16.6. The fourth-order valence-corrected chi connectivity index (χ4v) is 2.27. The predicted octanol–water partition coefficient (Wildman–Crippen LogP) is 2.21. The zero-order valence-electron chi connectivity index (χ0n) is 7.66. The first-order valence-electron chi connectivity index (χ1n) is 4.86. The van der Waals surface area contributed by atoms with Gasteiger partial charge in [0.2, 0.25) is 0 Å². The van der Waals surface area contributed by atoms with Gasteiger partial charge in [0.15, 0.2) is 0 Å².